The normalized spacial score (nSPS) is 18.5. The molecule has 0 saturated heterocycles. The fraction of sp³-hybridized carbons (Fsp3) is 1.00. The third-order valence-electron chi connectivity index (χ3n) is 1.94. The van der Waals surface area contributed by atoms with E-state index in [1.165, 1.54) is 0 Å². The van der Waals surface area contributed by atoms with Crippen LogP contribution in [-0.2, 0) is 0 Å². The summed E-state index contributed by atoms with van der Waals surface area (Å²) >= 11 is 0. The van der Waals surface area contributed by atoms with Gasteiger partial charge in [0.2, 0.25) is 0 Å². The van der Waals surface area contributed by atoms with Gasteiger partial charge in [-0.25, -0.2) is 0 Å². The van der Waals surface area contributed by atoms with Gasteiger partial charge < -0.3 is 10.6 Å². The van der Waals surface area contributed by atoms with Crippen LogP contribution in [0.3, 0.4) is 0 Å². The molecule has 0 spiro atoms. The van der Waals surface area contributed by atoms with Gasteiger partial charge in [0.15, 0.2) is 0 Å². The molecule has 11 heavy (non-hydrogen) atoms. The van der Waals surface area contributed by atoms with Gasteiger partial charge in [-0.05, 0) is 26.4 Å². The lowest BCUT2D eigenvalue weighted by atomic mass is 9.82. The predicted molar refractivity (Wildman–Crippen MR) is 50.6 cm³/mol. The Labute approximate surface area is 70.8 Å². The Kier molecular flexibility index (Phi) is 3.52. The molecule has 0 amide bonds. The fourth-order valence-electron chi connectivity index (χ4n) is 2.03. The summed E-state index contributed by atoms with van der Waals surface area (Å²) < 4.78 is 0. The van der Waals surface area contributed by atoms with E-state index in [0.29, 0.717) is 6.04 Å². The van der Waals surface area contributed by atoms with Gasteiger partial charge in [-0.3, -0.25) is 0 Å². The van der Waals surface area contributed by atoms with Gasteiger partial charge in [0.1, 0.15) is 0 Å². The zero-order valence-electron chi connectivity index (χ0n) is 8.68. The van der Waals surface area contributed by atoms with E-state index in [-0.39, 0.29) is 11.5 Å². The van der Waals surface area contributed by atoms with Crippen molar-refractivity contribution < 1.29 is 0 Å². The molecule has 0 aromatic heterocycles. The number of hydrogen-bond acceptors (Lipinski definition) is 2. The van der Waals surface area contributed by atoms with Gasteiger partial charge in [-0.1, -0.05) is 20.8 Å². The molecule has 2 unspecified atom stereocenters. The van der Waals surface area contributed by atoms with E-state index in [1.54, 1.807) is 0 Å². The number of hydrogen-bond donors (Lipinski definition) is 1. The Morgan fingerprint density at radius 1 is 1.18 bits per heavy atom. The highest BCUT2D eigenvalue weighted by Gasteiger charge is 2.29. The number of rotatable bonds is 2. The lowest BCUT2D eigenvalue weighted by molar-refractivity contribution is 0.131. The molecule has 0 aliphatic rings. The van der Waals surface area contributed by atoms with Crippen LogP contribution >= 0.6 is 0 Å². The summed E-state index contributed by atoms with van der Waals surface area (Å²) in [5.41, 5.74) is 6.14. The average Bonchev–Trinajstić information content (AvgIpc) is 1.54. The largest absolute Gasteiger partial charge is 0.327 e. The van der Waals surface area contributed by atoms with Crippen molar-refractivity contribution in [1.82, 2.24) is 4.90 Å². The van der Waals surface area contributed by atoms with E-state index in [2.05, 4.69) is 46.7 Å². The molecule has 0 aromatic rings. The van der Waals surface area contributed by atoms with Crippen molar-refractivity contribution in [3.8, 4) is 0 Å². The van der Waals surface area contributed by atoms with Crippen LogP contribution in [0.1, 0.15) is 27.7 Å². The molecule has 0 aliphatic carbocycles. The monoisotopic (exact) mass is 158 g/mol. The van der Waals surface area contributed by atoms with Crippen LogP contribution in [0.5, 0.6) is 0 Å². The molecule has 0 aromatic carbocycles. The zero-order chi connectivity index (χ0) is 9.23. The van der Waals surface area contributed by atoms with E-state index in [1.807, 2.05) is 0 Å². The van der Waals surface area contributed by atoms with Gasteiger partial charge in [0, 0.05) is 12.1 Å². The number of nitrogens with zero attached hydrogens (tertiary/aromatic N) is 1. The van der Waals surface area contributed by atoms with Crippen LogP contribution in [-0.4, -0.2) is 31.1 Å². The van der Waals surface area contributed by atoms with Gasteiger partial charge in [-0.15, -0.1) is 0 Å². The molecule has 0 aliphatic heterocycles. The Morgan fingerprint density at radius 2 is 1.55 bits per heavy atom. The molecule has 2 heteroatoms. The lowest BCUT2D eigenvalue weighted by Crippen LogP contribution is -2.50. The topological polar surface area (TPSA) is 29.3 Å². The summed E-state index contributed by atoms with van der Waals surface area (Å²) in [5, 5.41) is 0. The summed E-state index contributed by atoms with van der Waals surface area (Å²) in [6, 6.07) is 0.674. The number of nitrogens with two attached hydrogens (primary N) is 1. The molecular formula is C9H22N2. The van der Waals surface area contributed by atoms with E-state index < -0.39 is 0 Å². The van der Waals surface area contributed by atoms with Crippen molar-refractivity contribution >= 4 is 0 Å². The minimum Gasteiger partial charge on any atom is -0.327 e. The summed E-state index contributed by atoms with van der Waals surface area (Å²) in [6.45, 7) is 8.74. The molecule has 0 fully saturated rings. The minimum absolute atomic E-state index is 0.227. The molecule has 0 bridgehead atoms. The van der Waals surface area contributed by atoms with Gasteiger partial charge in [0.05, 0.1) is 0 Å². The van der Waals surface area contributed by atoms with Crippen LogP contribution < -0.4 is 5.73 Å². The van der Waals surface area contributed by atoms with Crippen LogP contribution in [0.2, 0.25) is 0 Å². The van der Waals surface area contributed by atoms with E-state index in [9.17, 15) is 0 Å². The highest BCUT2D eigenvalue weighted by molar-refractivity contribution is 4.86. The van der Waals surface area contributed by atoms with Crippen LogP contribution in [0.4, 0.5) is 0 Å². The van der Waals surface area contributed by atoms with Crippen molar-refractivity contribution in [3.05, 3.63) is 0 Å². The summed E-state index contributed by atoms with van der Waals surface area (Å²) in [4.78, 5) is 2.20. The summed E-state index contributed by atoms with van der Waals surface area (Å²) in [7, 11) is 4.17. The van der Waals surface area contributed by atoms with Crippen molar-refractivity contribution in [2.45, 2.75) is 39.8 Å². The average molecular weight is 158 g/mol. The molecule has 2 nitrogen and oxygen atoms in total. The Hall–Kier alpha value is -0.0800. The SMILES string of the molecule is CC(N)C(N(C)C)C(C)(C)C. The molecular weight excluding hydrogens is 136 g/mol. The molecule has 0 saturated carbocycles. The fourth-order valence-corrected chi connectivity index (χ4v) is 2.03. The highest BCUT2D eigenvalue weighted by Crippen LogP contribution is 2.24. The maximum absolute atomic E-state index is 5.88. The van der Waals surface area contributed by atoms with Gasteiger partial charge in [-0.2, -0.15) is 0 Å². The first-order valence-electron chi connectivity index (χ1n) is 4.19. The molecule has 0 heterocycles. The zero-order valence-corrected chi connectivity index (χ0v) is 8.68. The molecule has 2 N–H and O–H groups in total. The van der Waals surface area contributed by atoms with E-state index in [4.69, 9.17) is 5.73 Å². The van der Waals surface area contributed by atoms with Gasteiger partial charge in [0.25, 0.3) is 0 Å². The maximum atomic E-state index is 5.88. The first kappa shape index (κ1) is 10.9. The first-order chi connectivity index (χ1) is 4.76. The quantitative estimate of drug-likeness (QED) is 0.656. The lowest BCUT2D eigenvalue weighted by Gasteiger charge is -2.38. The predicted octanol–water partition coefficient (Wildman–Crippen LogP) is 1.31. The highest BCUT2D eigenvalue weighted by atomic mass is 15.1. The summed E-state index contributed by atoms with van der Waals surface area (Å²) in [6.07, 6.45) is 0. The molecule has 68 valence electrons. The minimum atomic E-state index is 0.227. The van der Waals surface area contributed by atoms with Crippen molar-refractivity contribution in [1.29, 1.82) is 0 Å². The molecule has 0 rings (SSSR count). The third-order valence-corrected chi connectivity index (χ3v) is 1.94. The van der Waals surface area contributed by atoms with E-state index in [0.717, 1.165) is 0 Å². The Morgan fingerprint density at radius 3 is 1.55 bits per heavy atom. The van der Waals surface area contributed by atoms with Crippen molar-refractivity contribution in [3.63, 3.8) is 0 Å². The van der Waals surface area contributed by atoms with Crippen LogP contribution in [0.15, 0.2) is 0 Å². The Bertz CT molecular complexity index is 103. The number of likely N-dealkylation sites (N-methyl/N-ethyl adjacent to an activating group) is 1. The van der Waals surface area contributed by atoms with Crippen molar-refractivity contribution in [2.24, 2.45) is 11.1 Å². The molecule has 2 atom stereocenters. The first-order valence-corrected chi connectivity index (χ1v) is 4.19. The standard InChI is InChI=1S/C9H22N2/c1-7(10)8(11(5)6)9(2,3)4/h7-8H,10H2,1-6H3. The van der Waals surface area contributed by atoms with Gasteiger partial charge >= 0.3 is 0 Å². The van der Waals surface area contributed by atoms with Crippen LogP contribution in [0, 0.1) is 5.41 Å². The van der Waals surface area contributed by atoms with Crippen LogP contribution in [0.25, 0.3) is 0 Å². The molecule has 0 radical (unpaired) electrons. The maximum Gasteiger partial charge on any atom is 0.0286 e. The van der Waals surface area contributed by atoms with Crippen molar-refractivity contribution in [2.75, 3.05) is 14.1 Å². The second-order valence-corrected chi connectivity index (χ2v) is 4.63. The second-order valence-electron chi connectivity index (χ2n) is 4.63. The third kappa shape index (κ3) is 3.21. The Balaban J connectivity index is 4.35. The smallest absolute Gasteiger partial charge is 0.0286 e. The second kappa shape index (κ2) is 3.55. The van der Waals surface area contributed by atoms with E-state index >= 15 is 0 Å². The summed E-state index contributed by atoms with van der Waals surface area (Å²) in [5.74, 6) is 0.